The summed E-state index contributed by atoms with van der Waals surface area (Å²) in [5, 5.41) is 10.3. The van der Waals surface area contributed by atoms with Crippen LogP contribution < -0.4 is 17.1 Å². The van der Waals surface area contributed by atoms with Crippen molar-refractivity contribution in [2.45, 2.75) is 45.8 Å². The van der Waals surface area contributed by atoms with E-state index in [0.717, 1.165) is 42.0 Å². The number of fused-ring (bicyclic) bond motifs is 1. The minimum absolute atomic E-state index is 0. The van der Waals surface area contributed by atoms with Gasteiger partial charge in [-0.15, -0.1) is 0 Å². The minimum Gasteiger partial charge on any atom is -1.00 e. The molecule has 0 radical (unpaired) electrons. The number of benzene rings is 2. The number of hydrogen-bond acceptors (Lipinski definition) is 3. The van der Waals surface area contributed by atoms with Crippen LogP contribution in [-0.4, -0.2) is 21.3 Å². The molecule has 0 spiro atoms. The van der Waals surface area contributed by atoms with Gasteiger partial charge in [-0.2, -0.15) is 0 Å². The van der Waals surface area contributed by atoms with Gasteiger partial charge in [0.2, 0.25) is 0 Å². The van der Waals surface area contributed by atoms with Gasteiger partial charge in [0.1, 0.15) is 17.7 Å². The van der Waals surface area contributed by atoms with Gasteiger partial charge in [0, 0.05) is 6.54 Å². The number of aliphatic hydroxyl groups excluding tert-OH is 1. The highest BCUT2D eigenvalue weighted by atomic mass is 35.5. The second kappa shape index (κ2) is 9.60. The number of aromatic nitrogens is 2. The first-order valence-corrected chi connectivity index (χ1v) is 9.01. The molecule has 0 aliphatic rings. The van der Waals surface area contributed by atoms with Gasteiger partial charge in [0.25, 0.3) is 0 Å². The van der Waals surface area contributed by atoms with Gasteiger partial charge in [-0.1, -0.05) is 31.2 Å². The lowest BCUT2D eigenvalue weighted by atomic mass is 10.2. The zero-order valence-corrected chi connectivity index (χ0v) is 16.1. The number of imidazole rings is 1. The fourth-order valence-electron chi connectivity index (χ4n) is 3.03. The van der Waals surface area contributed by atoms with E-state index >= 15 is 0 Å². The van der Waals surface area contributed by atoms with Crippen LogP contribution in [0.2, 0.25) is 0 Å². The Morgan fingerprint density at radius 1 is 1.12 bits per heavy atom. The third-order valence-corrected chi connectivity index (χ3v) is 4.40. The number of halogens is 1. The van der Waals surface area contributed by atoms with Crippen LogP contribution in [0.5, 0.6) is 5.75 Å². The van der Waals surface area contributed by atoms with Gasteiger partial charge >= 0.3 is 0 Å². The lowest BCUT2D eigenvalue weighted by molar-refractivity contribution is -0.00000741. The second-order valence-electron chi connectivity index (χ2n) is 6.41. The Morgan fingerprint density at radius 3 is 2.69 bits per heavy atom. The molecule has 1 heterocycles. The van der Waals surface area contributed by atoms with E-state index in [0.29, 0.717) is 13.0 Å². The van der Waals surface area contributed by atoms with Gasteiger partial charge in [-0.05, 0) is 56.0 Å². The van der Waals surface area contributed by atoms with E-state index in [9.17, 15) is 5.11 Å². The Morgan fingerprint density at radius 2 is 1.92 bits per heavy atom. The molecule has 4 nitrogen and oxygen atoms in total. The van der Waals surface area contributed by atoms with Crippen molar-refractivity contribution in [3.8, 4) is 5.75 Å². The third kappa shape index (κ3) is 4.77. The molecule has 0 saturated carbocycles. The van der Waals surface area contributed by atoms with Gasteiger partial charge in [-0.3, -0.25) is 0 Å². The Balaban J connectivity index is 0.00000243. The number of nitrogens with zero attached hydrogens (tertiary/aromatic N) is 2. The lowest BCUT2D eigenvalue weighted by Gasteiger charge is -2.13. The average Bonchev–Trinajstić information content (AvgIpc) is 2.99. The number of rotatable bonds is 8. The van der Waals surface area contributed by atoms with Crippen LogP contribution >= 0.6 is 0 Å². The Hall–Kier alpha value is -2.04. The lowest BCUT2D eigenvalue weighted by Crippen LogP contribution is -3.00. The fourth-order valence-corrected chi connectivity index (χ4v) is 3.03. The maximum atomic E-state index is 10.3. The van der Waals surface area contributed by atoms with Crippen molar-refractivity contribution in [3.05, 3.63) is 59.9 Å². The molecular weight excluding hydrogens is 348 g/mol. The quantitative estimate of drug-likeness (QED) is 0.611. The summed E-state index contributed by atoms with van der Waals surface area (Å²) >= 11 is 0. The summed E-state index contributed by atoms with van der Waals surface area (Å²) in [5.74, 6) is 1.69. The first kappa shape index (κ1) is 20.3. The summed E-state index contributed by atoms with van der Waals surface area (Å²) in [5.41, 5.74) is 3.24. The van der Waals surface area contributed by atoms with Crippen molar-refractivity contribution in [2.75, 3.05) is 6.61 Å². The van der Waals surface area contributed by atoms with Crippen LogP contribution in [0.15, 0.2) is 48.5 Å². The van der Waals surface area contributed by atoms with Crippen LogP contribution in [0.1, 0.15) is 43.7 Å². The Bertz CT molecular complexity index is 832. The highest BCUT2D eigenvalue weighted by Gasteiger charge is 2.16. The van der Waals surface area contributed by atoms with Gasteiger partial charge in [-0.25, -0.2) is 4.98 Å². The van der Waals surface area contributed by atoms with E-state index in [-0.39, 0.29) is 12.4 Å². The second-order valence-corrected chi connectivity index (χ2v) is 6.41. The van der Waals surface area contributed by atoms with Gasteiger partial charge in [0.15, 0.2) is 0 Å². The fraction of sp³-hybridized carbons (Fsp3) is 0.381. The first-order valence-electron chi connectivity index (χ1n) is 9.01. The van der Waals surface area contributed by atoms with Crippen molar-refractivity contribution in [1.82, 2.24) is 9.55 Å². The average molecular weight is 374 g/mol. The topological polar surface area (TPSA) is 47.3 Å². The molecule has 140 valence electrons. The molecule has 3 rings (SSSR count). The Labute approximate surface area is 161 Å². The molecule has 0 fully saturated rings. The standard InChI is InChI=1S/C21H26N2O2.ClH/c1-3-20(24)21-22-18-11-4-5-12-19(18)23(21)13-6-7-14-25-17-10-8-9-16(2)15-17;/h4-5,8-12,15,20,24H,3,6-7,13-14H2,1-2H3;1H/p-1. The number of hydrogen-bond donors (Lipinski definition) is 1. The number of ether oxygens (including phenoxy) is 1. The summed E-state index contributed by atoms with van der Waals surface area (Å²) in [6.07, 6.45) is 2.09. The normalized spacial score (nSPS) is 12.0. The molecule has 0 aliphatic heterocycles. The molecular formula is C21H26ClN2O2-. The maximum Gasteiger partial charge on any atom is 0.138 e. The van der Waals surface area contributed by atoms with Gasteiger partial charge < -0.3 is 26.8 Å². The number of para-hydroxylation sites is 2. The van der Waals surface area contributed by atoms with Crippen LogP contribution in [0, 0.1) is 6.92 Å². The number of unbranched alkanes of at least 4 members (excludes halogenated alkanes) is 1. The van der Waals surface area contributed by atoms with Crippen LogP contribution in [-0.2, 0) is 6.54 Å². The SMILES string of the molecule is CCC(O)c1nc2ccccc2n1CCCCOc1cccc(C)c1.[Cl-]. The van der Waals surface area contributed by atoms with Crippen molar-refractivity contribution < 1.29 is 22.3 Å². The highest BCUT2D eigenvalue weighted by molar-refractivity contribution is 5.76. The third-order valence-electron chi connectivity index (χ3n) is 4.40. The van der Waals surface area contributed by atoms with Crippen molar-refractivity contribution in [3.63, 3.8) is 0 Å². The largest absolute Gasteiger partial charge is 1.00 e. The summed E-state index contributed by atoms with van der Waals surface area (Å²) in [7, 11) is 0. The molecule has 1 atom stereocenters. The molecule has 26 heavy (non-hydrogen) atoms. The zero-order valence-electron chi connectivity index (χ0n) is 15.4. The summed E-state index contributed by atoms with van der Waals surface area (Å²) in [6.45, 7) is 5.58. The molecule has 0 amide bonds. The van der Waals surface area contributed by atoms with Crippen molar-refractivity contribution in [2.24, 2.45) is 0 Å². The van der Waals surface area contributed by atoms with Crippen molar-refractivity contribution >= 4 is 11.0 Å². The molecule has 5 heteroatoms. The molecule has 2 aromatic carbocycles. The van der Waals surface area contributed by atoms with E-state index in [2.05, 4.69) is 34.7 Å². The molecule has 1 unspecified atom stereocenters. The van der Waals surface area contributed by atoms with E-state index in [1.165, 1.54) is 5.56 Å². The van der Waals surface area contributed by atoms with E-state index in [1.807, 2.05) is 37.3 Å². The highest BCUT2D eigenvalue weighted by Crippen LogP contribution is 2.23. The van der Waals surface area contributed by atoms with E-state index in [1.54, 1.807) is 0 Å². The van der Waals surface area contributed by atoms with E-state index in [4.69, 9.17) is 4.74 Å². The summed E-state index contributed by atoms with van der Waals surface area (Å²) in [6, 6.07) is 16.2. The molecule has 3 aromatic rings. The summed E-state index contributed by atoms with van der Waals surface area (Å²) < 4.78 is 7.97. The van der Waals surface area contributed by atoms with Crippen LogP contribution in [0.3, 0.4) is 0 Å². The molecule has 1 aromatic heterocycles. The monoisotopic (exact) mass is 373 g/mol. The van der Waals surface area contributed by atoms with Gasteiger partial charge in [0.05, 0.1) is 17.6 Å². The Kier molecular flexibility index (Phi) is 7.49. The molecule has 0 bridgehead atoms. The van der Waals surface area contributed by atoms with Crippen molar-refractivity contribution in [1.29, 1.82) is 0 Å². The van der Waals surface area contributed by atoms with Crippen LogP contribution in [0.25, 0.3) is 11.0 Å². The number of aryl methyl sites for hydroxylation is 2. The van der Waals surface area contributed by atoms with E-state index < -0.39 is 6.10 Å². The molecule has 1 N–H and O–H groups in total. The predicted octanol–water partition coefficient (Wildman–Crippen LogP) is 1.65. The smallest absolute Gasteiger partial charge is 0.138 e. The summed E-state index contributed by atoms with van der Waals surface area (Å²) in [4.78, 5) is 4.62. The minimum atomic E-state index is -0.518. The molecule has 0 aliphatic carbocycles. The maximum absolute atomic E-state index is 10.3. The first-order chi connectivity index (χ1) is 12.2. The zero-order chi connectivity index (χ0) is 17.6. The number of aliphatic hydroxyl groups is 1. The molecule has 0 saturated heterocycles. The predicted molar refractivity (Wildman–Crippen MR) is 101 cm³/mol. The van der Waals surface area contributed by atoms with Crippen LogP contribution in [0.4, 0.5) is 0 Å².